The Morgan fingerprint density at radius 3 is 2.17 bits per heavy atom. The molecule has 0 aliphatic heterocycles. The lowest BCUT2D eigenvalue weighted by Gasteiger charge is -2.32. The van der Waals surface area contributed by atoms with Crippen LogP contribution in [-0.4, -0.2) is 44.3 Å². The molecule has 42 heavy (non-hydrogen) atoms. The molecular weight excluding hydrogens is 638 g/mol. The molecule has 2 amide bonds. The average molecular weight is 665 g/mol. The first-order valence-corrected chi connectivity index (χ1v) is 15.1. The third-order valence-electron chi connectivity index (χ3n) is 6.31. The number of nitrogens with one attached hydrogen (secondary N) is 1. The molecule has 0 aromatic heterocycles. The van der Waals surface area contributed by atoms with E-state index in [1.165, 1.54) is 43.3 Å². The quantitative estimate of drug-likeness (QED) is 0.261. The van der Waals surface area contributed by atoms with E-state index in [2.05, 4.69) is 5.32 Å². The van der Waals surface area contributed by atoms with Gasteiger partial charge in [0.1, 0.15) is 12.6 Å². The Kier molecular flexibility index (Phi) is 10.8. The van der Waals surface area contributed by atoms with E-state index in [0.29, 0.717) is 21.0 Å². The number of sulfonamides is 1. The second-order valence-corrected chi connectivity index (χ2v) is 12.4. The standard InChI is InChI=1S/C28H27Cl3F3N3O4S/c1-4-35-27(39)18(3)36(15-19-7-8-20(29)13-25(19)31)26(38)16-37(42(40,41)22-10-5-17(2)6-11-22)21-9-12-24(30)23(14-21)28(32,33)34/h5-14,18H,4,15-16H2,1-3H3,(H,35,39)/t18-/m0/s1. The van der Waals surface area contributed by atoms with Gasteiger partial charge >= 0.3 is 6.18 Å². The Balaban J connectivity index is 2.14. The number of alkyl halides is 3. The van der Waals surface area contributed by atoms with Gasteiger partial charge in [-0.05, 0) is 68.8 Å². The van der Waals surface area contributed by atoms with Gasteiger partial charge in [-0.25, -0.2) is 8.42 Å². The fraction of sp³-hybridized carbons (Fsp3) is 0.286. The highest BCUT2D eigenvalue weighted by Crippen LogP contribution is 2.38. The van der Waals surface area contributed by atoms with E-state index in [1.807, 2.05) is 0 Å². The van der Waals surface area contributed by atoms with Gasteiger partial charge in [0.25, 0.3) is 10.0 Å². The molecule has 0 fully saturated rings. The zero-order valence-electron chi connectivity index (χ0n) is 22.7. The highest BCUT2D eigenvalue weighted by atomic mass is 35.5. The number of aryl methyl sites for hydroxylation is 1. The van der Waals surface area contributed by atoms with Gasteiger partial charge in [-0.2, -0.15) is 13.2 Å². The predicted molar refractivity (Wildman–Crippen MR) is 157 cm³/mol. The minimum atomic E-state index is -4.90. The number of carbonyl (C=O) groups is 2. The van der Waals surface area contributed by atoms with E-state index in [1.54, 1.807) is 19.9 Å². The van der Waals surface area contributed by atoms with Crippen LogP contribution in [0.3, 0.4) is 0 Å². The summed E-state index contributed by atoms with van der Waals surface area (Å²) in [5.41, 5.74) is -0.580. The maximum absolute atomic E-state index is 13.9. The first-order chi connectivity index (χ1) is 19.6. The van der Waals surface area contributed by atoms with E-state index in [0.717, 1.165) is 22.6 Å². The van der Waals surface area contributed by atoms with Crippen LogP contribution in [0.4, 0.5) is 18.9 Å². The van der Waals surface area contributed by atoms with Crippen LogP contribution in [0.15, 0.2) is 65.6 Å². The fourth-order valence-electron chi connectivity index (χ4n) is 3.99. The van der Waals surface area contributed by atoms with Crippen LogP contribution in [0.5, 0.6) is 0 Å². The third-order valence-corrected chi connectivity index (χ3v) is 9.01. The molecule has 0 spiro atoms. The molecule has 3 rings (SSSR count). The molecule has 0 bridgehead atoms. The van der Waals surface area contributed by atoms with Gasteiger partial charge in [-0.3, -0.25) is 13.9 Å². The topological polar surface area (TPSA) is 86.8 Å². The molecule has 1 atom stereocenters. The van der Waals surface area contributed by atoms with Crippen molar-refractivity contribution in [3.05, 3.63) is 92.4 Å². The Hall–Kier alpha value is -2.99. The predicted octanol–water partition coefficient (Wildman–Crippen LogP) is 6.72. The lowest BCUT2D eigenvalue weighted by molar-refractivity contribution is -0.139. The summed E-state index contributed by atoms with van der Waals surface area (Å²) in [5, 5.41) is 2.49. The van der Waals surface area contributed by atoms with Gasteiger partial charge in [0, 0.05) is 23.1 Å². The fourth-order valence-corrected chi connectivity index (χ4v) is 6.09. The smallest absolute Gasteiger partial charge is 0.355 e. The third kappa shape index (κ3) is 7.89. The van der Waals surface area contributed by atoms with Gasteiger partial charge in [0.15, 0.2) is 0 Å². The van der Waals surface area contributed by atoms with Crippen LogP contribution >= 0.6 is 34.8 Å². The minimum Gasteiger partial charge on any atom is -0.355 e. The highest BCUT2D eigenvalue weighted by molar-refractivity contribution is 7.92. The maximum Gasteiger partial charge on any atom is 0.417 e. The number of anilines is 1. The van der Waals surface area contributed by atoms with Crippen LogP contribution < -0.4 is 9.62 Å². The summed E-state index contributed by atoms with van der Waals surface area (Å²) >= 11 is 18.1. The van der Waals surface area contributed by atoms with E-state index in [9.17, 15) is 31.2 Å². The molecule has 226 valence electrons. The SMILES string of the molecule is CCNC(=O)[C@H](C)N(Cc1ccc(Cl)cc1Cl)C(=O)CN(c1ccc(Cl)c(C(F)(F)F)c1)S(=O)(=O)c1ccc(C)cc1. The number of nitrogens with zero attached hydrogens (tertiary/aromatic N) is 2. The summed E-state index contributed by atoms with van der Waals surface area (Å²) in [6.45, 7) is 3.95. The first kappa shape index (κ1) is 33.5. The molecule has 0 unspecified atom stereocenters. The summed E-state index contributed by atoms with van der Waals surface area (Å²) in [7, 11) is -4.59. The van der Waals surface area contributed by atoms with E-state index in [-0.39, 0.29) is 23.0 Å². The van der Waals surface area contributed by atoms with E-state index in [4.69, 9.17) is 34.8 Å². The number of carbonyl (C=O) groups excluding carboxylic acids is 2. The molecule has 0 radical (unpaired) electrons. The summed E-state index contributed by atoms with van der Waals surface area (Å²) in [4.78, 5) is 27.5. The van der Waals surface area contributed by atoms with Crippen LogP contribution in [0.1, 0.15) is 30.5 Å². The van der Waals surface area contributed by atoms with Gasteiger partial charge < -0.3 is 10.2 Å². The van der Waals surface area contributed by atoms with Gasteiger partial charge in [-0.15, -0.1) is 0 Å². The number of hydrogen-bond acceptors (Lipinski definition) is 4. The second-order valence-electron chi connectivity index (χ2n) is 9.31. The molecule has 1 N–H and O–H groups in total. The number of likely N-dealkylation sites (N-methyl/N-ethyl adjacent to an activating group) is 1. The van der Waals surface area contributed by atoms with E-state index >= 15 is 0 Å². The zero-order valence-corrected chi connectivity index (χ0v) is 25.8. The molecule has 3 aromatic carbocycles. The lowest BCUT2D eigenvalue weighted by Crippen LogP contribution is -2.51. The van der Waals surface area contributed by atoms with Crippen molar-refractivity contribution in [2.24, 2.45) is 0 Å². The van der Waals surface area contributed by atoms with Crippen LogP contribution in [0.2, 0.25) is 15.1 Å². The number of rotatable bonds is 10. The first-order valence-electron chi connectivity index (χ1n) is 12.5. The summed E-state index contributed by atoms with van der Waals surface area (Å²) in [6, 6.07) is 11.6. The van der Waals surface area contributed by atoms with Crippen LogP contribution in [-0.2, 0) is 32.3 Å². The molecule has 7 nitrogen and oxygen atoms in total. The Bertz CT molecular complexity index is 1570. The van der Waals surface area contributed by atoms with Crippen LogP contribution in [0, 0.1) is 6.92 Å². The van der Waals surface area contributed by atoms with Crippen molar-refractivity contribution in [3.63, 3.8) is 0 Å². The second kappa shape index (κ2) is 13.5. The normalized spacial score (nSPS) is 12.5. The minimum absolute atomic E-state index is 0.194. The van der Waals surface area contributed by atoms with Gasteiger partial charge in [0.05, 0.1) is 21.2 Å². The monoisotopic (exact) mass is 663 g/mol. The summed E-state index contributed by atoms with van der Waals surface area (Å²) in [6.07, 6.45) is -4.90. The molecule has 14 heteroatoms. The van der Waals surface area contributed by atoms with Crippen molar-refractivity contribution in [3.8, 4) is 0 Å². The zero-order chi connectivity index (χ0) is 31.4. The Labute approximate surface area is 257 Å². The van der Waals surface area contributed by atoms with Crippen molar-refractivity contribution >= 4 is 62.3 Å². The number of benzene rings is 3. The van der Waals surface area contributed by atoms with Crippen molar-refractivity contribution in [2.45, 2.75) is 44.4 Å². The largest absolute Gasteiger partial charge is 0.417 e. The molecule has 3 aromatic rings. The number of halogens is 6. The number of amides is 2. The van der Waals surface area contributed by atoms with Crippen LogP contribution in [0.25, 0.3) is 0 Å². The van der Waals surface area contributed by atoms with Crippen molar-refractivity contribution < 1.29 is 31.2 Å². The molecule has 0 saturated heterocycles. The molecule has 0 aliphatic rings. The molecule has 0 aliphatic carbocycles. The van der Waals surface area contributed by atoms with Gasteiger partial charge in [-0.1, -0.05) is 58.6 Å². The summed E-state index contributed by atoms with van der Waals surface area (Å²) in [5.74, 6) is -1.41. The average Bonchev–Trinajstić information content (AvgIpc) is 2.91. The van der Waals surface area contributed by atoms with Crippen molar-refractivity contribution in [2.75, 3.05) is 17.4 Å². The maximum atomic E-state index is 13.9. The van der Waals surface area contributed by atoms with Crippen molar-refractivity contribution in [1.29, 1.82) is 0 Å². The Morgan fingerprint density at radius 1 is 0.952 bits per heavy atom. The van der Waals surface area contributed by atoms with E-state index < -0.39 is 56.9 Å². The molecular formula is C28H27Cl3F3N3O4S. The lowest BCUT2D eigenvalue weighted by atomic mass is 10.1. The Morgan fingerprint density at radius 2 is 1.60 bits per heavy atom. The summed E-state index contributed by atoms with van der Waals surface area (Å²) < 4.78 is 69.4. The molecule has 0 saturated carbocycles. The van der Waals surface area contributed by atoms with Gasteiger partial charge in [0.2, 0.25) is 11.8 Å². The number of hydrogen-bond donors (Lipinski definition) is 1. The molecule has 0 heterocycles. The highest BCUT2D eigenvalue weighted by Gasteiger charge is 2.37. The van der Waals surface area contributed by atoms with Crippen molar-refractivity contribution in [1.82, 2.24) is 10.2 Å².